The maximum absolute atomic E-state index is 12.7. The number of benzene rings is 1. The Balaban J connectivity index is 3.21. The Morgan fingerprint density at radius 3 is 2.37 bits per heavy atom. The number of hydrogen-bond donors (Lipinski definition) is 3. The van der Waals surface area contributed by atoms with Crippen LogP contribution in [0.15, 0.2) is 30.4 Å². The van der Waals surface area contributed by atoms with Crippen LogP contribution in [-0.4, -0.2) is 16.1 Å². The van der Waals surface area contributed by atoms with Crippen LogP contribution in [0.1, 0.15) is 18.1 Å². The summed E-state index contributed by atoms with van der Waals surface area (Å²) in [5.74, 6) is -2.53. The number of nitrogens with one attached hydrogen (secondary N) is 1. The predicted octanol–water partition coefficient (Wildman–Crippen LogP) is 2.20. The van der Waals surface area contributed by atoms with E-state index in [1.54, 1.807) is 0 Å². The summed E-state index contributed by atoms with van der Waals surface area (Å²) in [5, 5.41) is 29.6. The first-order valence-electron chi connectivity index (χ1n) is 5.08. The number of rotatable bonds is 3. The van der Waals surface area contributed by atoms with Crippen molar-refractivity contribution in [1.82, 2.24) is 0 Å². The summed E-state index contributed by atoms with van der Waals surface area (Å²) in [4.78, 5) is 0. The molecule has 1 aromatic rings. The number of hydrogen-bond acceptors (Lipinski definition) is 4. The molecule has 0 aliphatic heterocycles. The lowest BCUT2D eigenvalue weighted by atomic mass is 10.1. The Morgan fingerprint density at radius 1 is 1.37 bits per heavy atom. The summed E-state index contributed by atoms with van der Waals surface area (Å²) in [6.45, 7) is 4.58. The highest BCUT2D eigenvalue weighted by Crippen LogP contribution is 2.34. The first-order valence-corrected chi connectivity index (χ1v) is 5.08. The van der Waals surface area contributed by atoms with Crippen molar-refractivity contribution in [3.05, 3.63) is 41.5 Å². The van der Waals surface area contributed by atoms with Gasteiger partial charge in [-0.2, -0.15) is 18.4 Å². The number of nitrogens with zero attached hydrogens (tertiary/aromatic N) is 1. The van der Waals surface area contributed by atoms with Gasteiger partial charge in [0.2, 0.25) is 0 Å². The van der Waals surface area contributed by atoms with Gasteiger partial charge in [0.15, 0.2) is 0 Å². The van der Waals surface area contributed by atoms with Crippen LogP contribution in [0.25, 0.3) is 0 Å². The largest absolute Gasteiger partial charge is 0.417 e. The molecule has 4 nitrogen and oxygen atoms in total. The Hall–Kier alpha value is -2.04. The monoisotopic (exact) mass is 272 g/mol. The fourth-order valence-electron chi connectivity index (χ4n) is 1.26. The smallest absolute Gasteiger partial charge is 0.345 e. The van der Waals surface area contributed by atoms with Crippen LogP contribution in [0.2, 0.25) is 0 Å². The lowest BCUT2D eigenvalue weighted by molar-refractivity contribution is -0.137. The van der Waals surface area contributed by atoms with Crippen LogP contribution >= 0.6 is 0 Å². The van der Waals surface area contributed by atoms with Crippen LogP contribution < -0.4 is 5.32 Å². The predicted molar refractivity (Wildman–Crippen MR) is 61.8 cm³/mol. The zero-order valence-electron chi connectivity index (χ0n) is 9.91. The SMILES string of the molecule is C=C(C)C(O)(O)Nc1ccc(C#N)c(C(F)(F)F)c1. The van der Waals surface area contributed by atoms with E-state index in [9.17, 15) is 23.4 Å². The van der Waals surface area contributed by atoms with E-state index in [0.717, 1.165) is 12.1 Å². The highest BCUT2D eigenvalue weighted by molar-refractivity contribution is 5.54. The van der Waals surface area contributed by atoms with Crippen LogP contribution in [0.4, 0.5) is 18.9 Å². The summed E-state index contributed by atoms with van der Waals surface area (Å²) in [6, 6.07) is 4.13. The van der Waals surface area contributed by atoms with E-state index in [0.29, 0.717) is 6.07 Å². The van der Waals surface area contributed by atoms with Gasteiger partial charge in [-0.15, -0.1) is 0 Å². The van der Waals surface area contributed by atoms with Gasteiger partial charge in [0.1, 0.15) is 0 Å². The fourth-order valence-corrected chi connectivity index (χ4v) is 1.26. The van der Waals surface area contributed by atoms with Gasteiger partial charge in [0.25, 0.3) is 5.91 Å². The number of anilines is 1. The quantitative estimate of drug-likeness (QED) is 0.582. The van der Waals surface area contributed by atoms with Gasteiger partial charge in [-0.05, 0) is 25.1 Å². The van der Waals surface area contributed by atoms with Crippen LogP contribution in [-0.2, 0) is 6.18 Å². The number of aliphatic hydroxyl groups is 2. The average molecular weight is 272 g/mol. The van der Waals surface area contributed by atoms with E-state index in [2.05, 4.69) is 11.9 Å². The van der Waals surface area contributed by atoms with Gasteiger partial charge in [0, 0.05) is 11.3 Å². The van der Waals surface area contributed by atoms with Crippen molar-refractivity contribution < 1.29 is 23.4 Å². The third kappa shape index (κ3) is 3.47. The number of alkyl halides is 3. The second-order valence-corrected chi connectivity index (χ2v) is 3.95. The standard InChI is InChI=1S/C12H11F3N2O2/c1-7(2)12(18,19)17-9-4-3-8(6-16)10(5-9)11(13,14)15/h3-5,17-19H,1H2,2H3. The van der Waals surface area contributed by atoms with Gasteiger partial charge < -0.3 is 15.5 Å². The van der Waals surface area contributed by atoms with Gasteiger partial charge in [-0.3, -0.25) is 0 Å². The summed E-state index contributed by atoms with van der Waals surface area (Å²) in [6.07, 6.45) is -4.71. The van der Waals surface area contributed by atoms with Crippen molar-refractivity contribution in [2.24, 2.45) is 0 Å². The molecule has 1 rings (SSSR count). The molecular formula is C12H11F3N2O2. The number of nitriles is 1. The molecule has 0 heterocycles. The molecule has 0 aliphatic rings. The molecule has 0 fully saturated rings. The molecule has 7 heteroatoms. The first kappa shape index (κ1) is 15.0. The van der Waals surface area contributed by atoms with E-state index in [-0.39, 0.29) is 11.3 Å². The molecule has 0 bridgehead atoms. The van der Waals surface area contributed by atoms with E-state index >= 15 is 0 Å². The molecule has 0 saturated carbocycles. The lowest BCUT2D eigenvalue weighted by Crippen LogP contribution is -2.38. The highest BCUT2D eigenvalue weighted by atomic mass is 19.4. The zero-order chi connectivity index (χ0) is 14.8. The minimum absolute atomic E-state index is 0.0922. The van der Waals surface area contributed by atoms with E-state index in [1.807, 2.05) is 0 Å². The minimum atomic E-state index is -4.71. The molecule has 0 aromatic heterocycles. The maximum atomic E-state index is 12.7. The molecule has 0 saturated heterocycles. The lowest BCUT2D eigenvalue weighted by Gasteiger charge is -2.24. The molecule has 19 heavy (non-hydrogen) atoms. The van der Waals surface area contributed by atoms with Crippen LogP contribution in [0.5, 0.6) is 0 Å². The zero-order valence-corrected chi connectivity index (χ0v) is 9.91. The second-order valence-electron chi connectivity index (χ2n) is 3.95. The molecule has 1 aromatic carbocycles. The van der Waals surface area contributed by atoms with Crippen molar-refractivity contribution in [1.29, 1.82) is 5.26 Å². The van der Waals surface area contributed by atoms with E-state index in [4.69, 9.17) is 5.26 Å². The molecule has 0 spiro atoms. The average Bonchev–Trinajstić information content (AvgIpc) is 2.27. The minimum Gasteiger partial charge on any atom is -0.345 e. The normalized spacial score (nSPS) is 11.8. The first-order chi connectivity index (χ1) is 8.58. The molecule has 0 radical (unpaired) electrons. The van der Waals surface area contributed by atoms with E-state index in [1.165, 1.54) is 13.0 Å². The van der Waals surface area contributed by atoms with Gasteiger partial charge in [0.05, 0.1) is 17.2 Å². The topological polar surface area (TPSA) is 76.3 Å². The molecule has 0 aliphatic carbocycles. The van der Waals surface area contributed by atoms with Gasteiger partial charge in [-0.25, -0.2) is 0 Å². The van der Waals surface area contributed by atoms with Crippen LogP contribution in [0.3, 0.4) is 0 Å². The second kappa shape index (κ2) is 4.91. The molecule has 3 N–H and O–H groups in total. The third-order valence-corrected chi connectivity index (χ3v) is 2.36. The Kier molecular flexibility index (Phi) is 3.88. The van der Waals surface area contributed by atoms with E-state index < -0.39 is 23.2 Å². The Bertz CT molecular complexity index is 545. The molecule has 0 atom stereocenters. The van der Waals surface area contributed by atoms with Gasteiger partial charge in [-0.1, -0.05) is 6.58 Å². The summed E-state index contributed by atoms with van der Waals surface area (Å²) < 4.78 is 38.1. The fraction of sp³-hybridized carbons (Fsp3) is 0.250. The summed E-state index contributed by atoms with van der Waals surface area (Å²) >= 11 is 0. The van der Waals surface area contributed by atoms with Crippen LogP contribution in [0, 0.1) is 11.3 Å². The number of halogens is 3. The van der Waals surface area contributed by atoms with Crippen molar-refractivity contribution in [3.63, 3.8) is 0 Å². The van der Waals surface area contributed by atoms with Crippen molar-refractivity contribution in [2.45, 2.75) is 19.0 Å². The van der Waals surface area contributed by atoms with Crippen molar-refractivity contribution in [2.75, 3.05) is 5.32 Å². The van der Waals surface area contributed by atoms with Crippen molar-refractivity contribution >= 4 is 5.69 Å². The molecular weight excluding hydrogens is 261 g/mol. The summed E-state index contributed by atoms with van der Waals surface area (Å²) in [5.41, 5.74) is -1.99. The molecule has 0 unspecified atom stereocenters. The Labute approximate surface area is 107 Å². The third-order valence-electron chi connectivity index (χ3n) is 2.36. The van der Waals surface area contributed by atoms with Gasteiger partial charge >= 0.3 is 6.18 Å². The molecule has 0 amide bonds. The summed E-state index contributed by atoms with van der Waals surface area (Å²) in [7, 11) is 0. The highest BCUT2D eigenvalue weighted by Gasteiger charge is 2.34. The maximum Gasteiger partial charge on any atom is 0.417 e. The Morgan fingerprint density at radius 2 is 1.95 bits per heavy atom. The molecule has 102 valence electrons. The van der Waals surface area contributed by atoms with Crippen molar-refractivity contribution in [3.8, 4) is 6.07 Å².